The summed E-state index contributed by atoms with van der Waals surface area (Å²) in [6.07, 6.45) is 2.47. The van der Waals surface area contributed by atoms with Crippen LogP contribution in [0.4, 0.5) is 0 Å². The quantitative estimate of drug-likeness (QED) is 0.398. The average molecular weight is 523 g/mol. The Morgan fingerprint density at radius 2 is 2.07 bits per heavy atom. The van der Waals surface area contributed by atoms with Crippen LogP contribution in [0.5, 0.6) is 11.5 Å². The zero-order chi connectivity index (χ0) is 21.4. The lowest BCUT2D eigenvalue weighted by Gasteiger charge is -2.19. The molecule has 0 aliphatic rings. The molecule has 0 spiro atoms. The van der Waals surface area contributed by atoms with Crippen LogP contribution in [0.3, 0.4) is 0 Å². The van der Waals surface area contributed by atoms with Crippen molar-refractivity contribution in [1.29, 1.82) is 0 Å². The van der Waals surface area contributed by atoms with E-state index < -0.39 is 12.0 Å². The van der Waals surface area contributed by atoms with Crippen molar-refractivity contribution >= 4 is 56.9 Å². The third kappa shape index (κ3) is 6.96. The van der Waals surface area contributed by atoms with Crippen molar-refractivity contribution in [3.05, 3.63) is 56.0 Å². The number of carbonyl (C=O) groups is 1. The third-order valence-electron chi connectivity index (χ3n) is 4.21. The van der Waals surface area contributed by atoms with Crippen molar-refractivity contribution in [2.45, 2.75) is 25.6 Å². The highest BCUT2D eigenvalue weighted by Gasteiger charge is 2.20. The van der Waals surface area contributed by atoms with E-state index in [1.165, 1.54) is 0 Å². The molecular weight excluding hydrogens is 501 g/mol. The molecule has 0 aromatic heterocycles. The number of benzene rings is 2. The maximum Gasteiger partial charge on any atom is 0.320 e. The highest BCUT2D eigenvalue weighted by Crippen LogP contribution is 2.37. The first-order chi connectivity index (χ1) is 13.9. The van der Waals surface area contributed by atoms with Gasteiger partial charge in [-0.25, -0.2) is 0 Å². The predicted octanol–water partition coefficient (Wildman–Crippen LogP) is 5.64. The fraction of sp³-hybridized carbons (Fsp3) is 0.350. The number of nitrogens with one attached hydrogen (secondary N) is 1. The molecule has 0 bridgehead atoms. The summed E-state index contributed by atoms with van der Waals surface area (Å²) in [5.41, 5.74) is 1.55. The van der Waals surface area contributed by atoms with E-state index in [0.717, 1.165) is 21.4 Å². The number of rotatable bonds is 11. The van der Waals surface area contributed by atoms with Crippen LogP contribution in [-0.2, 0) is 17.9 Å². The van der Waals surface area contributed by atoms with E-state index in [-0.39, 0.29) is 6.61 Å². The van der Waals surface area contributed by atoms with Gasteiger partial charge >= 0.3 is 5.97 Å². The van der Waals surface area contributed by atoms with E-state index in [1.807, 2.05) is 12.3 Å². The van der Waals surface area contributed by atoms with Crippen molar-refractivity contribution in [3.63, 3.8) is 0 Å². The number of thioether (sulfide) groups is 1. The summed E-state index contributed by atoms with van der Waals surface area (Å²) >= 11 is 17.3. The van der Waals surface area contributed by atoms with Crippen molar-refractivity contribution in [2.24, 2.45) is 0 Å². The van der Waals surface area contributed by atoms with Crippen molar-refractivity contribution in [3.8, 4) is 11.5 Å². The number of ether oxygens (including phenoxy) is 2. The van der Waals surface area contributed by atoms with Gasteiger partial charge in [0.25, 0.3) is 0 Å². The highest BCUT2D eigenvalue weighted by atomic mass is 79.9. The van der Waals surface area contributed by atoms with Crippen LogP contribution < -0.4 is 14.8 Å². The average Bonchev–Trinajstić information content (AvgIpc) is 2.68. The Labute approximate surface area is 193 Å². The lowest BCUT2D eigenvalue weighted by Crippen LogP contribution is -2.36. The van der Waals surface area contributed by atoms with Gasteiger partial charge in [0, 0.05) is 32.2 Å². The summed E-state index contributed by atoms with van der Waals surface area (Å²) in [7, 11) is 1.56. The highest BCUT2D eigenvalue weighted by molar-refractivity contribution is 9.10. The minimum atomic E-state index is -0.881. The molecule has 0 fully saturated rings. The van der Waals surface area contributed by atoms with Gasteiger partial charge < -0.3 is 19.9 Å². The van der Waals surface area contributed by atoms with E-state index >= 15 is 0 Å². The standard InChI is InChI=1S/C20H22BrCl2NO4S/c1-27-18-6-5-15(21)14(10-24-17(20(25)26)7-8-29-2)19(18)28-11-12-3-4-13(22)9-16(12)23/h3-6,9,17,24H,7-8,10-11H2,1-2H3,(H,25,26). The van der Waals surface area contributed by atoms with Crippen LogP contribution >= 0.6 is 50.9 Å². The SMILES string of the molecule is COc1ccc(Br)c(CNC(CCSC)C(=O)O)c1OCc1ccc(Cl)cc1Cl. The van der Waals surface area contributed by atoms with Crippen molar-refractivity contribution in [1.82, 2.24) is 5.32 Å². The summed E-state index contributed by atoms with van der Waals surface area (Å²) < 4.78 is 12.3. The van der Waals surface area contributed by atoms with E-state index in [9.17, 15) is 9.90 Å². The maximum atomic E-state index is 11.5. The third-order valence-corrected chi connectivity index (χ3v) is 6.18. The fourth-order valence-corrected chi connectivity index (χ4v) is 4.02. The van der Waals surface area contributed by atoms with Gasteiger partial charge in [0.15, 0.2) is 11.5 Å². The molecular formula is C20H22BrCl2NO4S. The summed E-state index contributed by atoms with van der Waals surface area (Å²) in [5, 5.41) is 13.6. The summed E-state index contributed by atoms with van der Waals surface area (Å²) in [6, 6.07) is 8.18. The number of carboxylic acids is 1. The normalized spacial score (nSPS) is 11.9. The maximum absolute atomic E-state index is 11.5. The lowest BCUT2D eigenvalue weighted by atomic mass is 10.1. The van der Waals surface area contributed by atoms with Gasteiger partial charge in [-0.15, -0.1) is 0 Å². The number of methoxy groups -OCH3 is 1. The van der Waals surface area contributed by atoms with Crippen LogP contribution in [0.2, 0.25) is 10.0 Å². The van der Waals surface area contributed by atoms with Crippen LogP contribution in [0.25, 0.3) is 0 Å². The zero-order valence-corrected chi connectivity index (χ0v) is 19.9. The topological polar surface area (TPSA) is 67.8 Å². The predicted molar refractivity (Wildman–Crippen MR) is 123 cm³/mol. The molecule has 0 aliphatic heterocycles. The molecule has 29 heavy (non-hydrogen) atoms. The van der Waals surface area contributed by atoms with Gasteiger partial charge in [0.2, 0.25) is 0 Å². The Morgan fingerprint density at radius 3 is 2.69 bits per heavy atom. The monoisotopic (exact) mass is 521 g/mol. The number of aliphatic carboxylic acids is 1. The molecule has 0 amide bonds. The van der Waals surface area contributed by atoms with E-state index in [4.69, 9.17) is 32.7 Å². The number of halogens is 3. The first-order valence-corrected chi connectivity index (χ1v) is 11.7. The van der Waals surface area contributed by atoms with Gasteiger partial charge in [-0.1, -0.05) is 45.2 Å². The molecule has 2 aromatic carbocycles. The Balaban J connectivity index is 2.23. The van der Waals surface area contributed by atoms with E-state index in [1.54, 1.807) is 43.1 Å². The minimum Gasteiger partial charge on any atom is -0.493 e. The second-order valence-corrected chi connectivity index (χ2v) is 8.82. The molecule has 1 atom stereocenters. The molecule has 9 heteroatoms. The molecule has 5 nitrogen and oxygen atoms in total. The lowest BCUT2D eigenvalue weighted by molar-refractivity contribution is -0.139. The molecule has 0 radical (unpaired) electrons. The second kappa shape index (κ2) is 11.9. The van der Waals surface area contributed by atoms with Gasteiger partial charge in [-0.05, 0) is 42.7 Å². The molecule has 2 aromatic rings. The van der Waals surface area contributed by atoms with Crippen LogP contribution in [0.1, 0.15) is 17.5 Å². The van der Waals surface area contributed by atoms with Crippen LogP contribution in [-0.4, -0.2) is 36.2 Å². The molecule has 1 unspecified atom stereocenters. The summed E-state index contributed by atoms with van der Waals surface area (Å²) in [6.45, 7) is 0.511. The Hall–Kier alpha value is -1.12. The minimum absolute atomic E-state index is 0.213. The summed E-state index contributed by atoms with van der Waals surface area (Å²) in [4.78, 5) is 11.5. The second-order valence-electron chi connectivity index (χ2n) is 6.13. The zero-order valence-electron chi connectivity index (χ0n) is 16.0. The first-order valence-electron chi connectivity index (χ1n) is 8.74. The summed E-state index contributed by atoms with van der Waals surface area (Å²) in [5.74, 6) is 0.941. The van der Waals surface area contributed by atoms with Crippen LogP contribution in [0.15, 0.2) is 34.8 Å². The number of hydrogen-bond donors (Lipinski definition) is 2. The fourth-order valence-electron chi connectivity index (χ4n) is 2.63. The molecule has 2 rings (SSSR count). The van der Waals surface area contributed by atoms with E-state index in [2.05, 4.69) is 21.2 Å². The van der Waals surface area contributed by atoms with Gasteiger partial charge in [-0.2, -0.15) is 11.8 Å². The number of hydrogen-bond acceptors (Lipinski definition) is 5. The Kier molecular flexibility index (Phi) is 9.92. The first kappa shape index (κ1) is 24.2. The molecule has 0 aliphatic carbocycles. The molecule has 158 valence electrons. The Bertz CT molecular complexity index is 853. The smallest absolute Gasteiger partial charge is 0.320 e. The molecule has 2 N–H and O–H groups in total. The van der Waals surface area contributed by atoms with E-state index in [0.29, 0.717) is 34.5 Å². The van der Waals surface area contributed by atoms with Crippen molar-refractivity contribution < 1.29 is 19.4 Å². The van der Waals surface area contributed by atoms with Crippen LogP contribution in [0, 0.1) is 0 Å². The van der Waals surface area contributed by atoms with Gasteiger partial charge in [0.1, 0.15) is 12.6 Å². The molecule has 0 saturated carbocycles. The van der Waals surface area contributed by atoms with Crippen molar-refractivity contribution in [2.75, 3.05) is 19.1 Å². The molecule has 0 heterocycles. The number of carboxylic acid groups (broad SMARTS) is 1. The molecule has 0 saturated heterocycles. The largest absolute Gasteiger partial charge is 0.493 e. The van der Waals surface area contributed by atoms with Gasteiger partial charge in [-0.3, -0.25) is 4.79 Å². The van der Waals surface area contributed by atoms with Gasteiger partial charge in [0.05, 0.1) is 7.11 Å². The Morgan fingerprint density at radius 1 is 1.31 bits per heavy atom.